The SMILES string of the molecule is CNC(=O)c1cc(C(=O)CCCCC#N)cn(Cc2ccccc2)c1=O. The van der Waals surface area contributed by atoms with E-state index in [1.165, 1.54) is 23.9 Å². The third-order valence-corrected chi connectivity index (χ3v) is 4.02. The van der Waals surface area contributed by atoms with Crippen molar-refractivity contribution >= 4 is 11.7 Å². The van der Waals surface area contributed by atoms with Crippen LogP contribution in [0.15, 0.2) is 47.4 Å². The highest BCUT2D eigenvalue weighted by atomic mass is 16.2. The highest BCUT2D eigenvalue weighted by Gasteiger charge is 2.16. The van der Waals surface area contributed by atoms with Gasteiger partial charge in [0.15, 0.2) is 5.78 Å². The fraction of sp³-hybridized carbons (Fsp3) is 0.300. The number of carbonyl (C=O) groups excluding carboxylic acids is 2. The topological polar surface area (TPSA) is 92.0 Å². The van der Waals surface area contributed by atoms with Crippen molar-refractivity contribution in [3.05, 3.63) is 69.6 Å². The summed E-state index contributed by atoms with van der Waals surface area (Å²) >= 11 is 0. The normalized spacial score (nSPS) is 10.2. The summed E-state index contributed by atoms with van der Waals surface area (Å²) in [4.78, 5) is 37.1. The van der Waals surface area contributed by atoms with E-state index in [4.69, 9.17) is 5.26 Å². The van der Waals surface area contributed by atoms with Gasteiger partial charge in [0.05, 0.1) is 12.6 Å². The Morgan fingerprint density at radius 3 is 2.58 bits per heavy atom. The summed E-state index contributed by atoms with van der Waals surface area (Å²) in [5.74, 6) is -0.661. The predicted molar refractivity (Wildman–Crippen MR) is 98.0 cm³/mol. The minimum atomic E-state index is -0.518. The van der Waals surface area contributed by atoms with Gasteiger partial charge in [-0.2, -0.15) is 5.26 Å². The molecule has 0 bridgehead atoms. The van der Waals surface area contributed by atoms with Gasteiger partial charge >= 0.3 is 0 Å². The van der Waals surface area contributed by atoms with Gasteiger partial charge in [0, 0.05) is 31.6 Å². The predicted octanol–water partition coefficient (Wildman–Crippen LogP) is 2.52. The second-order valence-corrected chi connectivity index (χ2v) is 5.93. The molecule has 0 aliphatic heterocycles. The molecule has 1 heterocycles. The van der Waals surface area contributed by atoms with Gasteiger partial charge in [0.1, 0.15) is 5.56 Å². The van der Waals surface area contributed by atoms with Crippen molar-refractivity contribution in [1.82, 2.24) is 9.88 Å². The first-order valence-corrected chi connectivity index (χ1v) is 8.47. The van der Waals surface area contributed by atoms with Gasteiger partial charge in [0.25, 0.3) is 11.5 Å². The van der Waals surface area contributed by atoms with Gasteiger partial charge in [-0.3, -0.25) is 14.4 Å². The number of unbranched alkanes of at least 4 members (excludes halogenated alkanes) is 2. The fourth-order valence-electron chi connectivity index (χ4n) is 2.62. The molecule has 0 atom stereocenters. The Morgan fingerprint density at radius 1 is 1.19 bits per heavy atom. The molecule has 1 N–H and O–H groups in total. The third kappa shape index (κ3) is 4.90. The van der Waals surface area contributed by atoms with Crippen LogP contribution < -0.4 is 10.9 Å². The number of pyridine rings is 1. The summed E-state index contributed by atoms with van der Waals surface area (Å²) in [6.07, 6.45) is 3.44. The first kappa shape index (κ1) is 19.1. The minimum absolute atomic E-state index is 0.0497. The maximum atomic E-state index is 12.6. The Kier molecular flexibility index (Phi) is 6.86. The molecule has 0 fully saturated rings. The molecule has 0 spiro atoms. The summed E-state index contributed by atoms with van der Waals surface area (Å²) in [6, 6.07) is 12.8. The van der Waals surface area contributed by atoms with Crippen LogP contribution in [0.1, 0.15) is 52.0 Å². The van der Waals surface area contributed by atoms with Crippen molar-refractivity contribution in [2.24, 2.45) is 0 Å². The van der Waals surface area contributed by atoms with Crippen LogP contribution in [0, 0.1) is 11.3 Å². The van der Waals surface area contributed by atoms with Crippen LogP contribution in [0.25, 0.3) is 0 Å². The van der Waals surface area contributed by atoms with Crippen molar-refractivity contribution in [1.29, 1.82) is 5.26 Å². The Morgan fingerprint density at radius 2 is 1.92 bits per heavy atom. The molecule has 0 aliphatic carbocycles. The summed E-state index contributed by atoms with van der Waals surface area (Å²) < 4.78 is 1.39. The zero-order chi connectivity index (χ0) is 18.9. The molecule has 0 radical (unpaired) electrons. The Balaban J connectivity index is 2.34. The number of Topliss-reactive ketones (excluding diaryl/α,β-unsaturated/α-hetero) is 1. The van der Waals surface area contributed by atoms with E-state index in [0.29, 0.717) is 24.8 Å². The first-order chi connectivity index (χ1) is 12.6. The van der Waals surface area contributed by atoms with Crippen molar-refractivity contribution < 1.29 is 9.59 Å². The quantitative estimate of drug-likeness (QED) is 0.584. The maximum Gasteiger partial charge on any atom is 0.263 e. The Bertz CT molecular complexity index is 879. The van der Waals surface area contributed by atoms with Crippen LogP contribution in [0.2, 0.25) is 0 Å². The molecule has 2 rings (SSSR count). The first-order valence-electron chi connectivity index (χ1n) is 8.47. The van der Waals surface area contributed by atoms with E-state index in [2.05, 4.69) is 5.32 Å². The van der Waals surface area contributed by atoms with Crippen LogP contribution in [-0.2, 0) is 6.54 Å². The minimum Gasteiger partial charge on any atom is -0.355 e. The van der Waals surface area contributed by atoms with Crippen molar-refractivity contribution in [2.45, 2.75) is 32.2 Å². The van der Waals surface area contributed by atoms with Crippen molar-refractivity contribution in [3.63, 3.8) is 0 Å². The molecule has 1 aromatic heterocycles. The molecule has 1 aromatic carbocycles. The maximum absolute atomic E-state index is 12.6. The number of nitrogens with zero attached hydrogens (tertiary/aromatic N) is 2. The molecule has 26 heavy (non-hydrogen) atoms. The summed E-state index contributed by atoms with van der Waals surface area (Å²) in [5.41, 5.74) is 0.743. The molecule has 0 saturated heterocycles. The van der Waals surface area contributed by atoms with Gasteiger partial charge in [-0.15, -0.1) is 0 Å². The third-order valence-electron chi connectivity index (χ3n) is 4.02. The summed E-state index contributed by atoms with van der Waals surface area (Å²) in [6.45, 7) is 0.277. The lowest BCUT2D eigenvalue weighted by Crippen LogP contribution is -2.32. The van der Waals surface area contributed by atoms with E-state index in [1.807, 2.05) is 36.4 Å². The lowest BCUT2D eigenvalue weighted by atomic mass is 10.0. The summed E-state index contributed by atoms with van der Waals surface area (Å²) in [7, 11) is 1.44. The molecule has 2 aromatic rings. The second kappa shape index (κ2) is 9.33. The molecule has 6 heteroatoms. The standard InChI is InChI=1S/C20H21N3O3/c1-22-19(25)17-12-16(18(24)10-6-3-7-11-21)14-23(20(17)26)13-15-8-4-2-5-9-15/h2,4-5,8-9,12,14H,3,6-7,10,13H2,1H3,(H,22,25). The van der Waals surface area contributed by atoms with Gasteiger partial charge in [-0.25, -0.2) is 0 Å². The van der Waals surface area contributed by atoms with Crippen LogP contribution >= 0.6 is 0 Å². The van der Waals surface area contributed by atoms with E-state index in [-0.39, 0.29) is 24.3 Å². The molecule has 134 valence electrons. The van der Waals surface area contributed by atoms with Crippen molar-refractivity contribution in [2.75, 3.05) is 7.05 Å². The number of carbonyl (C=O) groups is 2. The number of amides is 1. The van der Waals surface area contributed by atoms with E-state index < -0.39 is 11.5 Å². The van der Waals surface area contributed by atoms with Gasteiger partial charge in [-0.05, 0) is 24.5 Å². The highest BCUT2D eigenvalue weighted by molar-refractivity contribution is 6.00. The zero-order valence-corrected chi connectivity index (χ0v) is 14.7. The smallest absolute Gasteiger partial charge is 0.263 e. The molecular weight excluding hydrogens is 330 g/mol. The molecule has 6 nitrogen and oxygen atoms in total. The van der Waals surface area contributed by atoms with E-state index >= 15 is 0 Å². The number of nitriles is 1. The number of hydrogen-bond acceptors (Lipinski definition) is 4. The summed E-state index contributed by atoms with van der Waals surface area (Å²) in [5, 5.41) is 11.0. The largest absolute Gasteiger partial charge is 0.355 e. The molecule has 1 amide bonds. The van der Waals surface area contributed by atoms with Crippen LogP contribution in [0.3, 0.4) is 0 Å². The lowest BCUT2D eigenvalue weighted by molar-refractivity contribution is 0.0961. The van der Waals surface area contributed by atoms with Crippen LogP contribution in [-0.4, -0.2) is 23.3 Å². The number of rotatable bonds is 8. The average Bonchev–Trinajstić information content (AvgIpc) is 2.66. The fourth-order valence-corrected chi connectivity index (χ4v) is 2.62. The van der Waals surface area contributed by atoms with E-state index in [9.17, 15) is 14.4 Å². The number of nitrogens with one attached hydrogen (secondary N) is 1. The Labute approximate surface area is 152 Å². The number of aromatic nitrogens is 1. The van der Waals surface area contributed by atoms with E-state index in [1.54, 1.807) is 0 Å². The van der Waals surface area contributed by atoms with Gasteiger partial charge < -0.3 is 9.88 Å². The molecular formula is C20H21N3O3. The monoisotopic (exact) mass is 351 g/mol. The second-order valence-electron chi connectivity index (χ2n) is 5.93. The van der Waals surface area contributed by atoms with Crippen LogP contribution in [0.4, 0.5) is 0 Å². The molecule has 0 saturated carbocycles. The highest BCUT2D eigenvalue weighted by Crippen LogP contribution is 2.10. The Hall–Kier alpha value is -3.20. The number of hydrogen-bond donors (Lipinski definition) is 1. The lowest BCUT2D eigenvalue weighted by Gasteiger charge is -2.11. The number of benzene rings is 1. The van der Waals surface area contributed by atoms with Gasteiger partial charge in [0.2, 0.25) is 0 Å². The average molecular weight is 351 g/mol. The number of ketones is 1. The zero-order valence-electron chi connectivity index (χ0n) is 14.7. The molecule has 0 unspecified atom stereocenters. The van der Waals surface area contributed by atoms with Crippen LogP contribution in [0.5, 0.6) is 0 Å². The molecule has 0 aliphatic rings. The van der Waals surface area contributed by atoms with E-state index in [0.717, 1.165) is 5.56 Å². The van der Waals surface area contributed by atoms with Gasteiger partial charge in [-0.1, -0.05) is 30.3 Å². The van der Waals surface area contributed by atoms with Crippen molar-refractivity contribution in [3.8, 4) is 6.07 Å².